The Hall–Kier alpha value is -2.75. The molecule has 0 fully saturated rings. The molecule has 7 heteroatoms. The molecule has 1 aromatic carbocycles. The maximum Gasteiger partial charge on any atom is 0.416 e. The molecule has 1 amide bonds. The van der Waals surface area contributed by atoms with E-state index in [-0.39, 0.29) is 5.69 Å². The number of hydrogen-bond donors (Lipinski definition) is 2. The quantitative estimate of drug-likeness (QED) is 0.388. The van der Waals surface area contributed by atoms with E-state index in [1.165, 1.54) is 12.1 Å². The summed E-state index contributed by atoms with van der Waals surface area (Å²) in [6.07, 6.45) is -1.88. The summed E-state index contributed by atoms with van der Waals surface area (Å²) in [5.74, 6) is -1.43. The van der Waals surface area contributed by atoms with Gasteiger partial charge in [-0.05, 0) is 37.3 Å². The summed E-state index contributed by atoms with van der Waals surface area (Å²) in [5, 5.41) is 20.5. The molecule has 2 N–H and O–H groups in total. The van der Waals surface area contributed by atoms with Gasteiger partial charge < -0.3 is 10.4 Å². The van der Waals surface area contributed by atoms with Gasteiger partial charge in [-0.25, -0.2) is 0 Å². The molecule has 21 heavy (non-hydrogen) atoms. The Balaban J connectivity index is 2.94. The first-order valence-corrected chi connectivity index (χ1v) is 5.74. The van der Waals surface area contributed by atoms with Crippen molar-refractivity contribution in [1.29, 1.82) is 5.26 Å². The molecular formula is C14H11F3N2O2. The fraction of sp³-hybridized carbons (Fsp3) is 0.143. The fourth-order valence-electron chi connectivity index (χ4n) is 1.40. The van der Waals surface area contributed by atoms with E-state index in [1.807, 2.05) is 0 Å². The Kier molecular flexibility index (Phi) is 5.13. The number of benzene rings is 1. The van der Waals surface area contributed by atoms with Crippen molar-refractivity contribution in [3.63, 3.8) is 0 Å². The van der Waals surface area contributed by atoms with Gasteiger partial charge in [-0.15, -0.1) is 0 Å². The standard InChI is InChI=1S/C14H11F3N2O2/c1-2-3-12(20)11(8-18)13(21)19-10-6-4-9(5-7-10)14(15,16)17/h2-7,20H,1H3,(H,19,21)/b3-2+,12-11-. The number of rotatable bonds is 3. The Morgan fingerprint density at radius 1 is 1.33 bits per heavy atom. The van der Waals surface area contributed by atoms with Crippen LogP contribution in [0.25, 0.3) is 0 Å². The van der Waals surface area contributed by atoms with Crippen LogP contribution >= 0.6 is 0 Å². The molecule has 0 saturated heterocycles. The van der Waals surface area contributed by atoms with Gasteiger partial charge in [0.05, 0.1) is 5.56 Å². The van der Waals surface area contributed by atoms with Crippen LogP contribution in [0.3, 0.4) is 0 Å². The summed E-state index contributed by atoms with van der Waals surface area (Å²) in [7, 11) is 0. The van der Waals surface area contributed by atoms with Gasteiger partial charge in [0.1, 0.15) is 11.8 Å². The van der Waals surface area contributed by atoms with Crippen LogP contribution in [0, 0.1) is 11.3 Å². The largest absolute Gasteiger partial charge is 0.506 e. The minimum Gasteiger partial charge on any atom is -0.506 e. The third kappa shape index (κ3) is 4.38. The van der Waals surface area contributed by atoms with Gasteiger partial charge in [0, 0.05) is 5.69 Å². The summed E-state index contributed by atoms with van der Waals surface area (Å²) in [5.41, 5.74) is -1.31. The van der Waals surface area contributed by atoms with Crippen molar-refractivity contribution < 1.29 is 23.1 Å². The van der Waals surface area contributed by atoms with Crippen LogP contribution in [-0.2, 0) is 11.0 Å². The summed E-state index contributed by atoms with van der Waals surface area (Å²) in [4.78, 5) is 11.7. The summed E-state index contributed by atoms with van der Waals surface area (Å²) >= 11 is 0. The number of carbonyl (C=O) groups is 1. The SMILES string of the molecule is C/C=C/C(O)=C(\C#N)C(=O)Nc1ccc(C(F)(F)F)cc1. The Labute approximate surface area is 118 Å². The molecule has 0 aliphatic carbocycles. The Bertz CT molecular complexity index is 623. The molecule has 0 atom stereocenters. The maximum absolute atomic E-state index is 12.4. The molecule has 0 saturated carbocycles. The molecule has 4 nitrogen and oxygen atoms in total. The number of aliphatic hydroxyl groups is 1. The zero-order valence-corrected chi connectivity index (χ0v) is 10.9. The minimum atomic E-state index is -4.47. The van der Waals surface area contributed by atoms with E-state index in [0.717, 1.165) is 30.3 Å². The third-order valence-electron chi connectivity index (χ3n) is 2.39. The van der Waals surface area contributed by atoms with Gasteiger partial charge in [0.15, 0.2) is 5.57 Å². The first-order valence-electron chi connectivity index (χ1n) is 5.74. The van der Waals surface area contributed by atoms with E-state index in [2.05, 4.69) is 5.32 Å². The molecule has 0 aliphatic heterocycles. The summed E-state index contributed by atoms with van der Waals surface area (Å²) in [6, 6.07) is 5.25. The number of nitrogens with zero attached hydrogens (tertiary/aromatic N) is 1. The molecule has 0 heterocycles. The lowest BCUT2D eigenvalue weighted by Gasteiger charge is -2.08. The maximum atomic E-state index is 12.4. The number of hydrogen-bond acceptors (Lipinski definition) is 3. The molecule has 110 valence electrons. The van der Waals surface area contributed by atoms with E-state index in [0.29, 0.717) is 0 Å². The predicted molar refractivity (Wildman–Crippen MR) is 70.2 cm³/mol. The molecule has 1 aromatic rings. The number of allylic oxidation sites excluding steroid dienone is 2. The van der Waals surface area contributed by atoms with Crippen LogP contribution in [0.1, 0.15) is 12.5 Å². The van der Waals surface area contributed by atoms with Crippen molar-refractivity contribution >= 4 is 11.6 Å². The minimum absolute atomic E-state index is 0.0778. The van der Waals surface area contributed by atoms with Crippen molar-refractivity contribution in [2.24, 2.45) is 0 Å². The number of anilines is 1. The zero-order valence-electron chi connectivity index (χ0n) is 10.9. The van der Waals surface area contributed by atoms with Gasteiger partial charge in [0.2, 0.25) is 0 Å². The lowest BCUT2D eigenvalue weighted by molar-refractivity contribution is -0.137. The monoisotopic (exact) mass is 296 g/mol. The van der Waals surface area contributed by atoms with Gasteiger partial charge >= 0.3 is 6.18 Å². The predicted octanol–water partition coefficient (Wildman–Crippen LogP) is 3.56. The highest BCUT2D eigenvalue weighted by Gasteiger charge is 2.30. The average Bonchev–Trinajstić information content (AvgIpc) is 2.39. The van der Waals surface area contributed by atoms with Crippen molar-refractivity contribution in [3.05, 3.63) is 53.3 Å². The lowest BCUT2D eigenvalue weighted by atomic mass is 10.2. The molecular weight excluding hydrogens is 285 g/mol. The van der Waals surface area contributed by atoms with Gasteiger partial charge in [-0.2, -0.15) is 18.4 Å². The van der Waals surface area contributed by atoms with Gasteiger partial charge in [0.25, 0.3) is 5.91 Å². The molecule has 0 unspecified atom stereocenters. The topological polar surface area (TPSA) is 73.1 Å². The summed E-state index contributed by atoms with van der Waals surface area (Å²) in [6.45, 7) is 1.58. The Morgan fingerprint density at radius 2 is 1.90 bits per heavy atom. The van der Waals surface area contributed by atoms with Crippen molar-refractivity contribution in [3.8, 4) is 6.07 Å². The van der Waals surface area contributed by atoms with E-state index in [1.54, 1.807) is 6.92 Å². The van der Waals surface area contributed by atoms with Gasteiger partial charge in [-0.3, -0.25) is 4.79 Å². The fourth-order valence-corrected chi connectivity index (χ4v) is 1.40. The van der Waals surface area contributed by atoms with Crippen LogP contribution in [0.4, 0.5) is 18.9 Å². The van der Waals surface area contributed by atoms with E-state index < -0.39 is 29.0 Å². The number of nitriles is 1. The second-order valence-electron chi connectivity index (χ2n) is 3.90. The Morgan fingerprint density at radius 3 is 2.33 bits per heavy atom. The second kappa shape index (κ2) is 6.61. The van der Waals surface area contributed by atoms with E-state index in [4.69, 9.17) is 5.26 Å². The zero-order chi connectivity index (χ0) is 16.0. The van der Waals surface area contributed by atoms with Crippen LogP contribution < -0.4 is 5.32 Å². The van der Waals surface area contributed by atoms with Gasteiger partial charge in [-0.1, -0.05) is 6.08 Å². The van der Waals surface area contributed by atoms with Crippen molar-refractivity contribution in [1.82, 2.24) is 0 Å². The second-order valence-corrected chi connectivity index (χ2v) is 3.90. The normalized spacial score (nSPS) is 12.7. The van der Waals surface area contributed by atoms with E-state index >= 15 is 0 Å². The van der Waals surface area contributed by atoms with Crippen LogP contribution in [0.15, 0.2) is 47.7 Å². The average molecular weight is 296 g/mol. The van der Waals surface area contributed by atoms with E-state index in [9.17, 15) is 23.1 Å². The molecule has 0 bridgehead atoms. The number of aliphatic hydroxyl groups excluding tert-OH is 1. The van der Waals surface area contributed by atoms with Crippen LogP contribution in [0.2, 0.25) is 0 Å². The highest BCUT2D eigenvalue weighted by atomic mass is 19.4. The highest BCUT2D eigenvalue weighted by molar-refractivity contribution is 6.07. The first-order chi connectivity index (χ1) is 9.79. The molecule has 0 spiro atoms. The molecule has 0 aliphatic rings. The van der Waals surface area contributed by atoms with Crippen LogP contribution in [-0.4, -0.2) is 11.0 Å². The molecule has 0 aromatic heterocycles. The lowest BCUT2D eigenvalue weighted by Crippen LogP contribution is -2.15. The number of halogens is 3. The molecule has 1 rings (SSSR count). The summed E-state index contributed by atoms with van der Waals surface area (Å²) < 4.78 is 37.1. The highest BCUT2D eigenvalue weighted by Crippen LogP contribution is 2.29. The smallest absolute Gasteiger partial charge is 0.416 e. The van der Waals surface area contributed by atoms with Crippen molar-refractivity contribution in [2.75, 3.05) is 5.32 Å². The number of amides is 1. The van der Waals surface area contributed by atoms with Crippen LogP contribution in [0.5, 0.6) is 0 Å². The number of alkyl halides is 3. The third-order valence-corrected chi connectivity index (χ3v) is 2.39. The first kappa shape index (κ1) is 16.3. The van der Waals surface area contributed by atoms with Crippen molar-refractivity contribution in [2.45, 2.75) is 13.1 Å². The molecule has 0 radical (unpaired) electrons. The number of nitrogens with one attached hydrogen (secondary N) is 1. The number of carbonyl (C=O) groups excluding carboxylic acids is 1.